The van der Waals surface area contributed by atoms with E-state index >= 15 is 0 Å². The Morgan fingerprint density at radius 2 is 1.89 bits per heavy atom. The van der Waals surface area contributed by atoms with Gasteiger partial charge in [-0.1, -0.05) is 18.2 Å². The van der Waals surface area contributed by atoms with Gasteiger partial charge in [0, 0.05) is 23.4 Å². The second-order valence-electron chi connectivity index (χ2n) is 3.99. The summed E-state index contributed by atoms with van der Waals surface area (Å²) in [4.78, 5) is 11.7. The van der Waals surface area contributed by atoms with E-state index < -0.39 is 0 Å². The molecule has 1 N–H and O–H groups in total. The molecule has 0 atom stereocenters. The maximum atomic E-state index is 11.7. The van der Waals surface area contributed by atoms with Crippen molar-refractivity contribution < 1.29 is 33.3 Å². The number of para-hydroxylation sites is 1. The van der Waals surface area contributed by atoms with Crippen LogP contribution in [0.3, 0.4) is 0 Å². The fourth-order valence-electron chi connectivity index (χ4n) is 1.59. The number of nitrogens with one attached hydrogen (secondary N) is 1. The van der Waals surface area contributed by atoms with Crippen LogP contribution in [-0.4, -0.2) is 5.91 Å². The summed E-state index contributed by atoms with van der Waals surface area (Å²) >= 11 is 0. The lowest BCUT2D eigenvalue weighted by atomic mass is 10.2. The first-order valence-corrected chi connectivity index (χ1v) is 5.73. The molecular weight excluding hydrogens is 351 g/mol. The SMILES string of the molecule is C[n+]1cccc(C=CC(=O)Nc2ccccc2)c1.[I-]. The molecule has 0 fully saturated rings. The highest BCUT2D eigenvalue weighted by molar-refractivity contribution is 6.01. The molecular formula is C15H15IN2O. The molecule has 2 rings (SSSR count). The number of aromatic nitrogens is 1. The van der Waals surface area contributed by atoms with Crippen LogP contribution in [0.5, 0.6) is 0 Å². The van der Waals surface area contributed by atoms with E-state index in [0.29, 0.717) is 0 Å². The van der Waals surface area contributed by atoms with E-state index in [1.54, 1.807) is 6.08 Å². The monoisotopic (exact) mass is 366 g/mol. The zero-order chi connectivity index (χ0) is 12.8. The smallest absolute Gasteiger partial charge is 0.248 e. The maximum absolute atomic E-state index is 11.7. The molecule has 0 saturated heterocycles. The first-order valence-electron chi connectivity index (χ1n) is 5.73. The van der Waals surface area contributed by atoms with E-state index in [9.17, 15) is 4.79 Å². The first kappa shape index (κ1) is 15.4. The molecule has 2 aromatic rings. The van der Waals surface area contributed by atoms with Gasteiger partial charge in [0.2, 0.25) is 5.91 Å². The number of hydrogen-bond acceptors (Lipinski definition) is 1. The number of halogens is 1. The highest BCUT2D eigenvalue weighted by Crippen LogP contribution is 2.05. The molecule has 1 heterocycles. The first-order chi connectivity index (χ1) is 8.74. The van der Waals surface area contributed by atoms with E-state index in [1.807, 2.05) is 66.5 Å². The second-order valence-corrected chi connectivity index (χ2v) is 3.99. The van der Waals surface area contributed by atoms with Crippen LogP contribution in [0, 0.1) is 0 Å². The predicted octanol–water partition coefficient (Wildman–Crippen LogP) is -0.833. The van der Waals surface area contributed by atoms with Crippen LogP contribution in [0.15, 0.2) is 60.9 Å². The zero-order valence-corrected chi connectivity index (χ0v) is 12.7. The summed E-state index contributed by atoms with van der Waals surface area (Å²) in [7, 11) is 1.95. The summed E-state index contributed by atoms with van der Waals surface area (Å²) in [6.45, 7) is 0. The van der Waals surface area contributed by atoms with Gasteiger partial charge in [0.15, 0.2) is 12.4 Å². The third kappa shape index (κ3) is 5.21. The van der Waals surface area contributed by atoms with Gasteiger partial charge in [-0.05, 0) is 24.3 Å². The second kappa shape index (κ2) is 7.68. The molecule has 1 aromatic carbocycles. The standard InChI is InChI=1S/C15H14N2O.HI/c1-17-11-5-6-13(12-17)9-10-15(18)16-14-7-3-2-4-8-14;/h2-12H,1H3;1H. The van der Waals surface area contributed by atoms with Crippen LogP contribution >= 0.6 is 0 Å². The molecule has 0 unspecified atom stereocenters. The minimum Gasteiger partial charge on any atom is -1.00 e. The van der Waals surface area contributed by atoms with E-state index in [-0.39, 0.29) is 29.9 Å². The van der Waals surface area contributed by atoms with Gasteiger partial charge in [0.05, 0.1) is 0 Å². The summed E-state index contributed by atoms with van der Waals surface area (Å²) in [6, 6.07) is 13.3. The fourth-order valence-corrected chi connectivity index (χ4v) is 1.59. The van der Waals surface area contributed by atoms with Gasteiger partial charge in [0.1, 0.15) is 7.05 Å². The van der Waals surface area contributed by atoms with Gasteiger partial charge in [-0.25, -0.2) is 4.57 Å². The summed E-state index contributed by atoms with van der Waals surface area (Å²) in [5, 5.41) is 2.79. The molecule has 0 aliphatic rings. The highest BCUT2D eigenvalue weighted by atomic mass is 127. The molecule has 98 valence electrons. The molecule has 0 aliphatic carbocycles. The van der Waals surface area contributed by atoms with Crippen molar-refractivity contribution in [3.63, 3.8) is 0 Å². The van der Waals surface area contributed by atoms with E-state index in [2.05, 4.69) is 5.32 Å². The number of benzene rings is 1. The number of rotatable bonds is 3. The van der Waals surface area contributed by atoms with Gasteiger partial charge in [0.25, 0.3) is 0 Å². The largest absolute Gasteiger partial charge is 1.00 e. The number of nitrogens with zero attached hydrogens (tertiary/aromatic N) is 1. The lowest BCUT2D eigenvalue weighted by Crippen LogP contribution is -3.00. The van der Waals surface area contributed by atoms with Crippen LogP contribution in [0.4, 0.5) is 5.69 Å². The van der Waals surface area contributed by atoms with E-state index in [1.165, 1.54) is 6.08 Å². The predicted molar refractivity (Wildman–Crippen MR) is 71.7 cm³/mol. The average molecular weight is 366 g/mol. The van der Waals surface area contributed by atoms with Crippen LogP contribution in [0.25, 0.3) is 6.08 Å². The molecule has 1 aromatic heterocycles. The van der Waals surface area contributed by atoms with Crippen molar-refractivity contribution in [2.24, 2.45) is 7.05 Å². The van der Waals surface area contributed by atoms with Gasteiger partial charge in [-0.3, -0.25) is 4.79 Å². The summed E-state index contributed by atoms with van der Waals surface area (Å²) in [5.41, 5.74) is 1.79. The van der Waals surface area contributed by atoms with Crippen molar-refractivity contribution in [2.45, 2.75) is 0 Å². The van der Waals surface area contributed by atoms with E-state index in [0.717, 1.165) is 11.3 Å². The van der Waals surface area contributed by atoms with Crippen molar-refractivity contribution in [1.82, 2.24) is 0 Å². The van der Waals surface area contributed by atoms with Gasteiger partial charge in [-0.2, -0.15) is 0 Å². The Balaban J connectivity index is 0.00000180. The molecule has 0 saturated carbocycles. The Bertz CT molecular complexity index is 567. The van der Waals surface area contributed by atoms with Gasteiger partial charge in [-0.15, -0.1) is 0 Å². The topological polar surface area (TPSA) is 33.0 Å². The summed E-state index contributed by atoms with van der Waals surface area (Å²) in [6.07, 6.45) is 7.22. The molecule has 0 radical (unpaired) electrons. The van der Waals surface area contributed by atoms with Crippen molar-refractivity contribution in [2.75, 3.05) is 5.32 Å². The third-order valence-corrected chi connectivity index (χ3v) is 2.43. The number of aryl methyl sites for hydroxylation is 1. The Hall–Kier alpha value is -1.69. The molecule has 0 spiro atoms. The van der Waals surface area contributed by atoms with Crippen LogP contribution < -0.4 is 33.9 Å². The van der Waals surface area contributed by atoms with Gasteiger partial charge >= 0.3 is 0 Å². The maximum Gasteiger partial charge on any atom is 0.248 e. The number of hydrogen-bond donors (Lipinski definition) is 1. The Labute approximate surface area is 130 Å². The Morgan fingerprint density at radius 1 is 1.16 bits per heavy atom. The van der Waals surface area contributed by atoms with Crippen molar-refractivity contribution in [3.05, 3.63) is 66.5 Å². The number of carbonyl (C=O) groups excluding carboxylic acids is 1. The van der Waals surface area contributed by atoms with E-state index in [4.69, 9.17) is 0 Å². The van der Waals surface area contributed by atoms with Crippen LogP contribution in [-0.2, 0) is 11.8 Å². The highest BCUT2D eigenvalue weighted by Gasteiger charge is 1.98. The quantitative estimate of drug-likeness (QED) is 0.429. The van der Waals surface area contributed by atoms with Crippen LogP contribution in [0.1, 0.15) is 5.56 Å². The number of anilines is 1. The van der Waals surface area contributed by atoms with Crippen molar-refractivity contribution >= 4 is 17.7 Å². The van der Waals surface area contributed by atoms with Crippen molar-refractivity contribution in [3.8, 4) is 0 Å². The molecule has 4 heteroatoms. The number of carbonyl (C=O) groups is 1. The van der Waals surface area contributed by atoms with Gasteiger partial charge < -0.3 is 29.3 Å². The lowest BCUT2D eigenvalue weighted by Gasteiger charge is -2.00. The number of amides is 1. The average Bonchev–Trinajstić information content (AvgIpc) is 2.38. The lowest BCUT2D eigenvalue weighted by molar-refractivity contribution is -0.671. The molecule has 0 bridgehead atoms. The fraction of sp³-hybridized carbons (Fsp3) is 0.0667. The minimum atomic E-state index is -0.132. The molecule has 19 heavy (non-hydrogen) atoms. The van der Waals surface area contributed by atoms with Crippen LogP contribution in [0.2, 0.25) is 0 Å². The molecule has 0 aliphatic heterocycles. The molecule has 1 amide bonds. The molecule has 3 nitrogen and oxygen atoms in total. The van der Waals surface area contributed by atoms with Crippen molar-refractivity contribution in [1.29, 1.82) is 0 Å². The summed E-state index contributed by atoms with van der Waals surface area (Å²) in [5.74, 6) is -0.132. The number of pyridine rings is 1. The summed E-state index contributed by atoms with van der Waals surface area (Å²) < 4.78 is 1.94. The Kier molecular flexibility index (Phi) is 6.21. The normalized spacial score (nSPS) is 9.95. The Morgan fingerprint density at radius 3 is 2.58 bits per heavy atom. The minimum absolute atomic E-state index is 0. The third-order valence-electron chi connectivity index (χ3n) is 2.43. The zero-order valence-electron chi connectivity index (χ0n) is 10.6.